The van der Waals surface area contributed by atoms with Crippen LogP contribution in [0.4, 0.5) is 0 Å². The molecule has 0 bridgehead atoms. The van der Waals surface area contributed by atoms with Crippen molar-refractivity contribution >= 4 is 5.91 Å². The van der Waals surface area contributed by atoms with E-state index in [1.54, 1.807) is 0 Å². The number of likely N-dealkylation sites (tertiary alicyclic amines) is 1. The smallest absolute Gasteiger partial charge is 0.226 e. The fourth-order valence-electron chi connectivity index (χ4n) is 2.22. The summed E-state index contributed by atoms with van der Waals surface area (Å²) in [6, 6.07) is 0. The first-order valence-corrected chi connectivity index (χ1v) is 6.55. The molecule has 1 heterocycles. The molecule has 3 unspecified atom stereocenters. The van der Waals surface area contributed by atoms with Gasteiger partial charge in [0.15, 0.2) is 0 Å². The van der Waals surface area contributed by atoms with Gasteiger partial charge in [-0.3, -0.25) is 4.79 Å². The minimum Gasteiger partial charge on any atom is -0.342 e. The van der Waals surface area contributed by atoms with Gasteiger partial charge in [-0.25, -0.2) is 0 Å². The highest BCUT2D eigenvalue weighted by Gasteiger charge is 2.27. The third-order valence-electron chi connectivity index (χ3n) is 3.77. The van der Waals surface area contributed by atoms with Gasteiger partial charge in [0, 0.05) is 25.6 Å². The van der Waals surface area contributed by atoms with Gasteiger partial charge >= 0.3 is 0 Å². The molecule has 0 saturated carbocycles. The lowest BCUT2D eigenvalue weighted by molar-refractivity contribution is -0.137. The van der Waals surface area contributed by atoms with Crippen LogP contribution in [0, 0.1) is 17.8 Å². The third-order valence-corrected chi connectivity index (χ3v) is 3.77. The maximum absolute atomic E-state index is 12.1. The minimum atomic E-state index is 0.112. The van der Waals surface area contributed by atoms with Crippen molar-refractivity contribution in [1.29, 1.82) is 0 Å². The number of carbonyl (C=O) groups is 1. The van der Waals surface area contributed by atoms with Crippen LogP contribution in [0.25, 0.3) is 0 Å². The summed E-state index contributed by atoms with van der Waals surface area (Å²) in [6.45, 7) is 12.3. The molecule has 1 N–H and O–H groups in total. The fourth-order valence-corrected chi connectivity index (χ4v) is 2.22. The molecule has 0 spiro atoms. The molecule has 16 heavy (non-hydrogen) atoms. The SMILES string of the molecule is CCNCC(C)C(=O)N1CCC(C)C(C)C1. The number of carbonyl (C=O) groups excluding carboxylic acids is 1. The molecule has 1 fully saturated rings. The summed E-state index contributed by atoms with van der Waals surface area (Å²) >= 11 is 0. The number of piperidine rings is 1. The Morgan fingerprint density at radius 2 is 2.12 bits per heavy atom. The van der Waals surface area contributed by atoms with Crippen LogP contribution in [0.2, 0.25) is 0 Å². The first-order chi connectivity index (χ1) is 7.56. The first kappa shape index (κ1) is 13.5. The Hall–Kier alpha value is -0.570. The summed E-state index contributed by atoms with van der Waals surface area (Å²) in [7, 11) is 0. The first-order valence-electron chi connectivity index (χ1n) is 6.55. The van der Waals surface area contributed by atoms with Gasteiger partial charge in [-0.05, 0) is 24.8 Å². The summed E-state index contributed by atoms with van der Waals surface area (Å²) in [5.41, 5.74) is 0. The van der Waals surface area contributed by atoms with Crippen LogP contribution >= 0.6 is 0 Å². The number of rotatable bonds is 4. The van der Waals surface area contributed by atoms with Gasteiger partial charge in [-0.2, -0.15) is 0 Å². The van der Waals surface area contributed by atoms with Crippen LogP contribution in [-0.2, 0) is 4.79 Å². The van der Waals surface area contributed by atoms with Crippen LogP contribution < -0.4 is 5.32 Å². The minimum absolute atomic E-state index is 0.112. The molecule has 0 aromatic rings. The van der Waals surface area contributed by atoms with Gasteiger partial charge in [0.05, 0.1) is 0 Å². The Morgan fingerprint density at radius 1 is 1.44 bits per heavy atom. The van der Waals surface area contributed by atoms with Crippen molar-refractivity contribution in [3.63, 3.8) is 0 Å². The Morgan fingerprint density at radius 3 is 2.69 bits per heavy atom. The molecule has 3 nitrogen and oxygen atoms in total. The van der Waals surface area contributed by atoms with Crippen molar-refractivity contribution in [2.45, 2.75) is 34.1 Å². The average molecular weight is 226 g/mol. The lowest BCUT2D eigenvalue weighted by atomic mass is 9.88. The number of amides is 1. The second kappa shape index (κ2) is 6.24. The third kappa shape index (κ3) is 3.48. The van der Waals surface area contributed by atoms with E-state index in [-0.39, 0.29) is 5.92 Å². The van der Waals surface area contributed by atoms with E-state index in [4.69, 9.17) is 0 Å². The standard InChI is InChI=1S/C13H26N2O/c1-5-14-8-11(3)13(16)15-7-6-10(2)12(4)9-15/h10-12,14H,5-9H2,1-4H3. The molecule has 1 rings (SSSR count). The molecule has 0 aliphatic carbocycles. The zero-order chi connectivity index (χ0) is 12.1. The lowest BCUT2D eigenvalue weighted by Gasteiger charge is -2.36. The number of nitrogens with zero attached hydrogens (tertiary/aromatic N) is 1. The monoisotopic (exact) mass is 226 g/mol. The van der Waals surface area contributed by atoms with Crippen molar-refractivity contribution in [3.8, 4) is 0 Å². The number of hydrogen-bond donors (Lipinski definition) is 1. The fraction of sp³-hybridized carbons (Fsp3) is 0.923. The van der Waals surface area contributed by atoms with Gasteiger partial charge in [-0.15, -0.1) is 0 Å². The topological polar surface area (TPSA) is 32.3 Å². The van der Waals surface area contributed by atoms with Crippen molar-refractivity contribution in [2.75, 3.05) is 26.2 Å². The quantitative estimate of drug-likeness (QED) is 0.792. The molecule has 1 saturated heterocycles. The number of nitrogens with one attached hydrogen (secondary N) is 1. The summed E-state index contributed by atoms with van der Waals surface area (Å²) in [5, 5.41) is 3.24. The highest BCUT2D eigenvalue weighted by atomic mass is 16.2. The van der Waals surface area contributed by atoms with Crippen LogP contribution in [-0.4, -0.2) is 37.0 Å². The number of hydrogen-bond acceptors (Lipinski definition) is 2. The van der Waals surface area contributed by atoms with Gasteiger partial charge in [0.25, 0.3) is 0 Å². The van der Waals surface area contributed by atoms with Crippen molar-refractivity contribution in [2.24, 2.45) is 17.8 Å². The highest BCUT2D eigenvalue weighted by molar-refractivity contribution is 5.78. The Labute approximate surface area is 99.6 Å². The molecule has 1 amide bonds. The maximum Gasteiger partial charge on any atom is 0.226 e. The molecule has 0 radical (unpaired) electrons. The summed E-state index contributed by atoms with van der Waals surface area (Å²) in [6.07, 6.45) is 1.15. The molecule has 94 valence electrons. The molecule has 3 heteroatoms. The van der Waals surface area contributed by atoms with Gasteiger partial charge < -0.3 is 10.2 Å². The second-order valence-corrected chi connectivity index (χ2v) is 5.24. The molecule has 1 aliphatic heterocycles. The summed E-state index contributed by atoms with van der Waals surface area (Å²) < 4.78 is 0. The molecule has 0 aromatic carbocycles. The molecule has 1 aliphatic rings. The lowest BCUT2D eigenvalue weighted by Crippen LogP contribution is -2.46. The Balaban J connectivity index is 2.42. The van der Waals surface area contributed by atoms with E-state index in [1.807, 2.05) is 11.8 Å². The van der Waals surface area contributed by atoms with Crippen molar-refractivity contribution in [3.05, 3.63) is 0 Å². The van der Waals surface area contributed by atoms with Gasteiger partial charge in [0.1, 0.15) is 0 Å². The van der Waals surface area contributed by atoms with E-state index in [0.717, 1.165) is 38.5 Å². The normalized spacial score (nSPS) is 27.9. The largest absolute Gasteiger partial charge is 0.342 e. The summed E-state index contributed by atoms with van der Waals surface area (Å²) in [4.78, 5) is 14.2. The zero-order valence-electron chi connectivity index (χ0n) is 11.1. The molecular formula is C13H26N2O. The Bertz CT molecular complexity index is 230. The van der Waals surface area contributed by atoms with Crippen LogP contribution in [0.3, 0.4) is 0 Å². The Kier molecular flexibility index (Phi) is 5.26. The van der Waals surface area contributed by atoms with E-state index in [2.05, 4.69) is 26.1 Å². The van der Waals surface area contributed by atoms with Crippen molar-refractivity contribution < 1.29 is 4.79 Å². The molecule has 0 aromatic heterocycles. The van der Waals surface area contributed by atoms with Crippen LogP contribution in [0.1, 0.15) is 34.1 Å². The zero-order valence-corrected chi connectivity index (χ0v) is 11.1. The van der Waals surface area contributed by atoms with E-state index in [1.165, 1.54) is 0 Å². The van der Waals surface area contributed by atoms with Gasteiger partial charge in [-0.1, -0.05) is 27.7 Å². The van der Waals surface area contributed by atoms with E-state index in [0.29, 0.717) is 11.8 Å². The van der Waals surface area contributed by atoms with E-state index >= 15 is 0 Å². The summed E-state index contributed by atoms with van der Waals surface area (Å²) in [5.74, 6) is 1.83. The highest BCUT2D eigenvalue weighted by Crippen LogP contribution is 2.23. The van der Waals surface area contributed by atoms with Crippen LogP contribution in [0.15, 0.2) is 0 Å². The predicted molar refractivity (Wildman–Crippen MR) is 67.2 cm³/mol. The van der Waals surface area contributed by atoms with E-state index < -0.39 is 0 Å². The van der Waals surface area contributed by atoms with Crippen LogP contribution in [0.5, 0.6) is 0 Å². The van der Waals surface area contributed by atoms with Crippen molar-refractivity contribution in [1.82, 2.24) is 10.2 Å². The molecular weight excluding hydrogens is 200 g/mol. The van der Waals surface area contributed by atoms with Gasteiger partial charge in [0.2, 0.25) is 5.91 Å². The van der Waals surface area contributed by atoms with E-state index in [9.17, 15) is 4.79 Å². The maximum atomic E-state index is 12.1. The second-order valence-electron chi connectivity index (χ2n) is 5.24. The average Bonchev–Trinajstić information content (AvgIpc) is 2.28. The predicted octanol–water partition coefficient (Wildman–Crippen LogP) is 1.74. The molecule has 3 atom stereocenters.